The van der Waals surface area contributed by atoms with Gasteiger partial charge < -0.3 is 0 Å². The van der Waals surface area contributed by atoms with Crippen molar-refractivity contribution in [2.45, 2.75) is 0 Å². The highest BCUT2D eigenvalue weighted by Gasteiger charge is 2.17. The molecule has 4 heteroatoms. The molecule has 12 aromatic rings. The Morgan fingerprint density at radius 1 is 0.246 bits per heavy atom. The van der Waals surface area contributed by atoms with E-state index in [1.807, 2.05) is 17.4 Å². The van der Waals surface area contributed by atoms with Crippen molar-refractivity contribution in [2.75, 3.05) is 0 Å². The minimum atomic E-state index is 0.627. The minimum Gasteiger partial charge on any atom is -0.208 e. The molecule has 61 heavy (non-hydrogen) atoms. The Hall–Kier alpha value is -7.79. The quantitative estimate of drug-likeness (QED) is 0.124. The fraction of sp³-hybridized carbons (Fsp3) is 0. The van der Waals surface area contributed by atoms with Crippen LogP contribution in [-0.4, -0.2) is 15.0 Å². The Bertz CT molecular complexity index is 3650. The van der Waals surface area contributed by atoms with E-state index in [2.05, 4.69) is 206 Å². The number of hydrogen-bond donors (Lipinski definition) is 0. The molecule has 0 saturated heterocycles. The highest BCUT2D eigenvalue weighted by Crippen LogP contribution is 2.41. The average Bonchev–Trinajstić information content (AvgIpc) is 3.71. The number of thiophene rings is 1. The van der Waals surface area contributed by atoms with Crippen molar-refractivity contribution < 1.29 is 0 Å². The van der Waals surface area contributed by atoms with Crippen molar-refractivity contribution in [1.29, 1.82) is 0 Å². The zero-order valence-corrected chi connectivity index (χ0v) is 33.8. The van der Waals surface area contributed by atoms with E-state index >= 15 is 0 Å². The number of aromatic nitrogens is 3. The third-order valence-corrected chi connectivity index (χ3v) is 13.0. The van der Waals surface area contributed by atoms with Crippen LogP contribution in [0.3, 0.4) is 0 Å². The summed E-state index contributed by atoms with van der Waals surface area (Å²) < 4.78 is 2.58. The number of rotatable bonds is 6. The average molecular weight is 794 g/mol. The van der Waals surface area contributed by atoms with E-state index in [4.69, 9.17) is 15.0 Å². The van der Waals surface area contributed by atoms with Gasteiger partial charge in [0.1, 0.15) is 0 Å². The first-order valence-corrected chi connectivity index (χ1v) is 21.4. The summed E-state index contributed by atoms with van der Waals surface area (Å²) >= 11 is 1.84. The summed E-state index contributed by atoms with van der Waals surface area (Å²) in [6, 6.07) is 75.9. The minimum absolute atomic E-state index is 0.627. The molecule has 12 rings (SSSR count). The first-order valence-electron chi connectivity index (χ1n) is 20.6. The molecular weight excluding hydrogens is 759 g/mol. The van der Waals surface area contributed by atoms with E-state index < -0.39 is 0 Å². The van der Waals surface area contributed by atoms with Gasteiger partial charge in [0, 0.05) is 36.9 Å². The molecule has 0 aliphatic heterocycles. The maximum Gasteiger partial charge on any atom is 0.164 e. The van der Waals surface area contributed by atoms with Crippen LogP contribution in [0.4, 0.5) is 0 Å². The summed E-state index contributed by atoms with van der Waals surface area (Å²) in [5.41, 5.74) is 9.70. The lowest BCUT2D eigenvalue weighted by Gasteiger charge is -2.15. The fourth-order valence-corrected chi connectivity index (χ4v) is 10.0. The summed E-state index contributed by atoms with van der Waals surface area (Å²) in [6.45, 7) is 0. The topological polar surface area (TPSA) is 38.7 Å². The number of fused-ring (bicyclic) bond motifs is 7. The predicted molar refractivity (Wildman–Crippen MR) is 258 cm³/mol. The van der Waals surface area contributed by atoms with Gasteiger partial charge in [0.2, 0.25) is 0 Å². The molecule has 0 atom stereocenters. The Morgan fingerprint density at radius 3 is 1.51 bits per heavy atom. The summed E-state index contributed by atoms with van der Waals surface area (Å²) in [4.78, 5) is 15.6. The lowest BCUT2D eigenvalue weighted by molar-refractivity contribution is 1.07. The van der Waals surface area contributed by atoms with Crippen molar-refractivity contribution in [3.63, 3.8) is 0 Å². The van der Waals surface area contributed by atoms with Crippen molar-refractivity contribution in [3.8, 4) is 67.5 Å². The van der Waals surface area contributed by atoms with Crippen LogP contribution in [0.1, 0.15) is 0 Å². The van der Waals surface area contributed by atoms with E-state index in [9.17, 15) is 0 Å². The SMILES string of the molecule is c1ccc(-c2cccc(-c3nc(-c4ccc(-c5c6ccccc6cc6c5ccc5ccccc56)cc4)nc(-c4cccc(-c5ccc6c(c5)sc5ccccc56)c4)n3)c2)cc1. The second-order valence-corrected chi connectivity index (χ2v) is 16.7. The van der Waals surface area contributed by atoms with Gasteiger partial charge in [-0.25, -0.2) is 15.0 Å². The molecule has 0 fully saturated rings. The van der Waals surface area contributed by atoms with Gasteiger partial charge in [-0.3, -0.25) is 0 Å². The third kappa shape index (κ3) is 6.24. The molecule has 0 amide bonds. The second kappa shape index (κ2) is 14.5. The van der Waals surface area contributed by atoms with Gasteiger partial charge >= 0.3 is 0 Å². The molecule has 0 unspecified atom stereocenters. The zero-order valence-electron chi connectivity index (χ0n) is 33.0. The summed E-state index contributed by atoms with van der Waals surface area (Å²) in [7, 11) is 0. The van der Waals surface area contributed by atoms with Crippen molar-refractivity contribution in [1.82, 2.24) is 15.0 Å². The van der Waals surface area contributed by atoms with E-state index in [0.29, 0.717) is 17.5 Å². The highest BCUT2D eigenvalue weighted by molar-refractivity contribution is 7.25. The van der Waals surface area contributed by atoms with Crippen LogP contribution >= 0.6 is 11.3 Å². The third-order valence-electron chi connectivity index (χ3n) is 11.9. The Morgan fingerprint density at radius 2 is 0.754 bits per heavy atom. The van der Waals surface area contributed by atoms with Gasteiger partial charge in [-0.15, -0.1) is 11.3 Å². The Balaban J connectivity index is 0.992. The molecule has 284 valence electrons. The van der Waals surface area contributed by atoms with Crippen LogP contribution in [0.25, 0.3) is 120 Å². The van der Waals surface area contributed by atoms with Crippen LogP contribution < -0.4 is 0 Å². The van der Waals surface area contributed by atoms with Gasteiger partial charge in [-0.05, 0) is 96.0 Å². The molecule has 2 aromatic heterocycles. The molecular formula is C57H35N3S. The van der Waals surface area contributed by atoms with E-state index in [0.717, 1.165) is 44.5 Å². The number of nitrogens with zero attached hydrogens (tertiary/aromatic N) is 3. The van der Waals surface area contributed by atoms with Crippen LogP contribution in [0.5, 0.6) is 0 Å². The number of hydrogen-bond acceptors (Lipinski definition) is 4. The molecule has 0 aliphatic rings. The standard InChI is InChI=1S/C57H35N3S/c1-2-12-36(13-3-1)40-16-10-18-44(32-40)56-58-55(59-57(60-56)45-19-11-17-41(33-45)42-29-30-49-48-22-8-9-23-52(48)61-53(49)35-42)39-26-24-38(25-27-39)54-47-21-7-5-15-43(47)34-51-46-20-6-4-14-37(46)28-31-50(51)54/h1-35H. The maximum absolute atomic E-state index is 5.21. The second-order valence-electron chi connectivity index (χ2n) is 15.6. The summed E-state index contributed by atoms with van der Waals surface area (Å²) in [6.07, 6.45) is 0. The lowest BCUT2D eigenvalue weighted by atomic mass is 9.89. The van der Waals surface area contributed by atoms with Crippen molar-refractivity contribution in [3.05, 3.63) is 212 Å². The fourth-order valence-electron chi connectivity index (χ4n) is 8.89. The molecule has 0 radical (unpaired) electrons. The predicted octanol–water partition coefficient (Wildman–Crippen LogP) is 15.7. The van der Waals surface area contributed by atoms with Gasteiger partial charge in [0.05, 0.1) is 0 Å². The first-order chi connectivity index (χ1) is 30.2. The molecule has 0 N–H and O–H groups in total. The monoisotopic (exact) mass is 793 g/mol. The van der Waals surface area contributed by atoms with E-state index in [1.165, 1.54) is 58.1 Å². The summed E-state index contributed by atoms with van der Waals surface area (Å²) in [5.74, 6) is 1.89. The van der Waals surface area contributed by atoms with Crippen LogP contribution in [-0.2, 0) is 0 Å². The lowest BCUT2D eigenvalue weighted by Crippen LogP contribution is -2.00. The molecule has 0 bridgehead atoms. The first kappa shape index (κ1) is 35.2. The van der Waals surface area contributed by atoms with Gasteiger partial charge in [-0.2, -0.15) is 0 Å². The van der Waals surface area contributed by atoms with Crippen LogP contribution in [0.2, 0.25) is 0 Å². The Labute approximate surface area is 356 Å². The smallest absolute Gasteiger partial charge is 0.164 e. The summed E-state index contributed by atoms with van der Waals surface area (Å²) in [5, 5.41) is 10.0. The van der Waals surface area contributed by atoms with Gasteiger partial charge in [0.25, 0.3) is 0 Å². The number of benzene rings is 10. The zero-order chi connectivity index (χ0) is 40.3. The molecule has 3 nitrogen and oxygen atoms in total. The maximum atomic E-state index is 5.21. The van der Waals surface area contributed by atoms with Crippen molar-refractivity contribution >= 4 is 63.8 Å². The molecule has 0 aliphatic carbocycles. The molecule has 2 heterocycles. The van der Waals surface area contributed by atoms with Crippen molar-refractivity contribution in [2.24, 2.45) is 0 Å². The highest BCUT2D eigenvalue weighted by atomic mass is 32.1. The van der Waals surface area contributed by atoms with E-state index in [-0.39, 0.29) is 0 Å². The van der Waals surface area contributed by atoms with Crippen LogP contribution in [0, 0.1) is 0 Å². The molecule has 0 saturated carbocycles. The largest absolute Gasteiger partial charge is 0.208 e. The van der Waals surface area contributed by atoms with Gasteiger partial charge in [-0.1, -0.05) is 182 Å². The Kier molecular flexibility index (Phi) is 8.36. The normalized spacial score (nSPS) is 11.6. The molecule has 0 spiro atoms. The molecule has 10 aromatic carbocycles. The van der Waals surface area contributed by atoms with Crippen LogP contribution in [0.15, 0.2) is 212 Å². The van der Waals surface area contributed by atoms with E-state index in [1.54, 1.807) is 0 Å². The van der Waals surface area contributed by atoms with Gasteiger partial charge in [0.15, 0.2) is 17.5 Å².